The Kier molecular flexibility index (Phi) is 4.04. The molecule has 0 saturated heterocycles. The fraction of sp³-hybridized carbons (Fsp3) is 0.333. The number of nitrogens with zero attached hydrogens (tertiary/aromatic N) is 2. The number of nitrogens with one attached hydrogen (secondary N) is 1. The van der Waals surface area contributed by atoms with Gasteiger partial charge in [-0.25, -0.2) is 4.98 Å². The summed E-state index contributed by atoms with van der Waals surface area (Å²) in [4.78, 5) is 16.0. The van der Waals surface area contributed by atoms with E-state index in [2.05, 4.69) is 10.3 Å². The van der Waals surface area contributed by atoms with Crippen molar-refractivity contribution in [1.82, 2.24) is 14.9 Å². The molecule has 0 saturated carbocycles. The molecule has 2 heterocycles. The SMILES string of the molecule is O=C(NCCCn1ccnc1)[C@@H]1COc2ccccc2O1. The highest BCUT2D eigenvalue weighted by Gasteiger charge is 2.26. The van der Waals surface area contributed by atoms with Crippen molar-refractivity contribution in [2.24, 2.45) is 0 Å². The Labute approximate surface area is 122 Å². The molecule has 6 nitrogen and oxygen atoms in total. The molecule has 6 heteroatoms. The van der Waals surface area contributed by atoms with Crippen LogP contribution in [0.1, 0.15) is 6.42 Å². The lowest BCUT2D eigenvalue weighted by molar-refractivity contribution is -0.130. The van der Waals surface area contributed by atoms with Crippen LogP contribution in [0, 0.1) is 0 Å². The van der Waals surface area contributed by atoms with Crippen molar-refractivity contribution >= 4 is 5.91 Å². The molecule has 1 N–H and O–H groups in total. The van der Waals surface area contributed by atoms with E-state index in [0.29, 0.717) is 18.0 Å². The molecule has 0 unspecified atom stereocenters. The largest absolute Gasteiger partial charge is 0.485 e. The summed E-state index contributed by atoms with van der Waals surface area (Å²) in [5, 5.41) is 2.87. The van der Waals surface area contributed by atoms with E-state index >= 15 is 0 Å². The van der Waals surface area contributed by atoms with Crippen molar-refractivity contribution in [3.05, 3.63) is 43.0 Å². The number of aryl methyl sites for hydroxylation is 1. The van der Waals surface area contributed by atoms with Gasteiger partial charge in [0.05, 0.1) is 6.33 Å². The van der Waals surface area contributed by atoms with Crippen LogP contribution >= 0.6 is 0 Å². The highest BCUT2D eigenvalue weighted by Crippen LogP contribution is 2.30. The Bertz CT molecular complexity index is 598. The van der Waals surface area contributed by atoms with Crippen molar-refractivity contribution in [2.45, 2.75) is 19.1 Å². The Balaban J connectivity index is 1.44. The molecule has 0 radical (unpaired) electrons. The Morgan fingerprint density at radius 3 is 3.05 bits per heavy atom. The second-order valence-corrected chi connectivity index (χ2v) is 4.81. The van der Waals surface area contributed by atoms with E-state index in [1.807, 2.05) is 29.0 Å². The first-order valence-corrected chi connectivity index (χ1v) is 6.95. The van der Waals surface area contributed by atoms with E-state index in [4.69, 9.17) is 9.47 Å². The summed E-state index contributed by atoms with van der Waals surface area (Å²) in [7, 11) is 0. The molecule has 0 aliphatic carbocycles. The van der Waals surface area contributed by atoms with Gasteiger partial charge in [0.15, 0.2) is 11.5 Å². The van der Waals surface area contributed by atoms with Crippen molar-refractivity contribution < 1.29 is 14.3 Å². The van der Waals surface area contributed by atoms with Crippen molar-refractivity contribution in [1.29, 1.82) is 0 Å². The molecule has 1 aliphatic heterocycles. The third-order valence-electron chi connectivity index (χ3n) is 3.25. The van der Waals surface area contributed by atoms with Crippen LogP contribution in [0.4, 0.5) is 0 Å². The lowest BCUT2D eigenvalue weighted by Gasteiger charge is -2.25. The van der Waals surface area contributed by atoms with Gasteiger partial charge in [-0.3, -0.25) is 4.79 Å². The molecular formula is C15H17N3O3. The average molecular weight is 287 g/mol. The molecule has 1 amide bonds. The normalized spacial score (nSPS) is 16.5. The fourth-order valence-corrected chi connectivity index (χ4v) is 2.15. The van der Waals surface area contributed by atoms with Crippen LogP contribution in [0.3, 0.4) is 0 Å². The molecule has 0 fully saturated rings. The van der Waals surface area contributed by atoms with E-state index in [0.717, 1.165) is 13.0 Å². The Morgan fingerprint density at radius 2 is 2.24 bits per heavy atom. The molecule has 0 bridgehead atoms. The zero-order valence-corrected chi connectivity index (χ0v) is 11.6. The predicted molar refractivity (Wildman–Crippen MR) is 76.2 cm³/mol. The van der Waals surface area contributed by atoms with Gasteiger partial charge in [-0.2, -0.15) is 0 Å². The summed E-state index contributed by atoms with van der Waals surface area (Å²) in [6, 6.07) is 7.36. The van der Waals surface area contributed by atoms with Crippen LogP contribution in [0.5, 0.6) is 11.5 Å². The minimum absolute atomic E-state index is 0.143. The van der Waals surface area contributed by atoms with Crippen LogP contribution in [-0.2, 0) is 11.3 Å². The first kappa shape index (κ1) is 13.5. The molecule has 3 rings (SSSR count). The number of hydrogen-bond donors (Lipinski definition) is 1. The molecule has 2 aromatic rings. The second-order valence-electron chi connectivity index (χ2n) is 4.81. The van der Waals surface area contributed by atoms with Crippen LogP contribution in [0.2, 0.25) is 0 Å². The van der Waals surface area contributed by atoms with Gasteiger partial charge in [-0.1, -0.05) is 12.1 Å². The van der Waals surface area contributed by atoms with Gasteiger partial charge in [0, 0.05) is 25.5 Å². The first-order valence-electron chi connectivity index (χ1n) is 6.95. The van der Waals surface area contributed by atoms with Crippen molar-refractivity contribution in [3.63, 3.8) is 0 Å². The van der Waals surface area contributed by atoms with E-state index in [-0.39, 0.29) is 12.5 Å². The monoisotopic (exact) mass is 287 g/mol. The fourth-order valence-electron chi connectivity index (χ4n) is 2.15. The first-order chi connectivity index (χ1) is 10.3. The number of amides is 1. The number of rotatable bonds is 5. The molecule has 1 atom stereocenters. The quantitative estimate of drug-likeness (QED) is 0.840. The summed E-state index contributed by atoms with van der Waals surface area (Å²) in [5.41, 5.74) is 0. The maximum absolute atomic E-state index is 12.0. The topological polar surface area (TPSA) is 65.4 Å². The lowest BCUT2D eigenvalue weighted by Crippen LogP contribution is -2.44. The van der Waals surface area contributed by atoms with Gasteiger partial charge < -0.3 is 19.4 Å². The summed E-state index contributed by atoms with van der Waals surface area (Å²) >= 11 is 0. The average Bonchev–Trinajstić information content (AvgIpc) is 3.04. The third kappa shape index (κ3) is 3.34. The maximum atomic E-state index is 12.0. The molecule has 1 aliphatic rings. The summed E-state index contributed by atoms with van der Waals surface area (Å²) in [5.74, 6) is 1.15. The van der Waals surface area contributed by atoms with Gasteiger partial charge in [0.25, 0.3) is 5.91 Å². The van der Waals surface area contributed by atoms with Crippen LogP contribution in [-0.4, -0.2) is 34.7 Å². The highest BCUT2D eigenvalue weighted by atomic mass is 16.6. The number of imidazole rings is 1. The third-order valence-corrected chi connectivity index (χ3v) is 3.25. The second kappa shape index (κ2) is 6.30. The maximum Gasteiger partial charge on any atom is 0.264 e. The van der Waals surface area contributed by atoms with Gasteiger partial charge in [-0.15, -0.1) is 0 Å². The number of ether oxygens (including phenoxy) is 2. The van der Waals surface area contributed by atoms with Crippen molar-refractivity contribution in [2.75, 3.05) is 13.2 Å². The highest BCUT2D eigenvalue weighted by molar-refractivity contribution is 5.81. The van der Waals surface area contributed by atoms with Crippen LogP contribution in [0.15, 0.2) is 43.0 Å². The number of fused-ring (bicyclic) bond motifs is 1. The van der Waals surface area contributed by atoms with Crippen LogP contribution in [0.25, 0.3) is 0 Å². The smallest absolute Gasteiger partial charge is 0.264 e. The molecule has 21 heavy (non-hydrogen) atoms. The Morgan fingerprint density at radius 1 is 1.38 bits per heavy atom. The minimum Gasteiger partial charge on any atom is -0.485 e. The molecule has 0 spiro atoms. The molecule has 110 valence electrons. The number of benzene rings is 1. The van der Waals surface area contributed by atoms with E-state index < -0.39 is 6.10 Å². The zero-order valence-electron chi connectivity index (χ0n) is 11.6. The number of carbonyl (C=O) groups excluding carboxylic acids is 1. The number of hydrogen-bond acceptors (Lipinski definition) is 4. The lowest BCUT2D eigenvalue weighted by atomic mass is 10.2. The molecule has 1 aromatic heterocycles. The standard InChI is InChI=1S/C15H17N3O3/c19-15(17-6-3-8-18-9-7-16-11-18)14-10-20-12-4-1-2-5-13(12)21-14/h1-2,4-5,7,9,11,14H,3,6,8,10H2,(H,17,19)/t14-/m0/s1. The van der Waals surface area contributed by atoms with Gasteiger partial charge >= 0.3 is 0 Å². The van der Waals surface area contributed by atoms with E-state index in [9.17, 15) is 4.79 Å². The molecule has 1 aromatic carbocycles. The Hall–Kier alpha value is -2.50. The van der Waals surface area contributed by atoms with Crippen molar-refractivity contribution in [3.8, 4) is 11.5 Å². The predicted octanol–water partition coefficient (Wildman–Crippen LogP) is 1.23. The van der Waals surface area contributed by atoms with Gasteiger partial charge in [0.1, 0.15) is 6.61 Å². The van der Waals surface area contributed by atoms with E-state index in [1.54, 1.807) is 18.6 Å². The van der Waals surface area contributed by atoms with Crippen LogP contribution < -0.4 is 14.8 Å². The number of aromatic nitrogens is 2. The van der Waals surface area contributed by atoms with Gasteiger partial charge in [0.2, 0.25) is 6.10 Å². The van der Waals surface area contributed by atoms with E-state index in [1.165, 1.54) is 0 Å². The summed E-state index contributed by atoms with van der Waals surface area (Å²) in [6.45, 7) is 1.66. The zero-order chi connectivity index (χ0) is 14.5. The summed E-state index contributed by atoms with van der Waals surface area (Å²) < 4.78 is 13.1. The molecular weight excluding hydrogens is 270 g/mol. The van der Waals surface area contributed by atoms with Gasteiger partial charge in [-0.05, 0) is 18.6 Å². The number of carbonyl (C=O) groups is 1. The summed E-state index contributed by atoms with van der Waals surface area (Å²) in [6.07, 6.45) is 5.65. The number of para-hydroxylation sites is 2. The minimum atomic E-state index is -0.590.